The number of carbonyl (C=O) groups excluding carboxylic acids is 1. The molecule has 0 spiro atoms. The van der Waals surface area contributed by atoms with Gasteiger partial charge in [-0.2, -0.15) is 0 Å². The van der Waals surface area contributed by atoms with Crippen molar-refractivity contribution in [2.45, 2.75) is 33.3 Å². The Morgan fingerprint density at radius 3 is 2.56 bits per heavy atom. The van der Waals surface area contributed by atoms with E-state index in [1.807, 2.05) is 13.8 Å². The van der Waals surface area contributed by atoms with E-state index in [1.54, 1.807) is 6.92 Å². The summed E-state index contributed by atoms with van der Waals surface area (Å²) in [6.07, 6.45) is -0.718. The van der Waals surface area contributed by atoms with Crippen LogP contribution in [0.25, 0.3) is 0 Å². The molecule has 1 atom stereocenters. The van der Waals surface area contributed by atoms with E-state index in [0.717, 1.165) is 18.2 Å². The average Bonchev–Trinajstić information content (AvgIpc) is 2.30. The molecule has 0 aliphatic rings. The normalized spacial score (nSPS) is 12.8. The van der Waals surface area contributed by atoms with Crippen molar-refractivity contribution in [1.82, 2.24) is 0 Å². The van der Waals surface area contributed by atoms with Gasteiger partial charge in [0.15, 0.2) is 5.78 Å². The molecule has 1 rings (SSSR count). The molecule has 0 aromatic heterocycles. The van der Waals surface area contributed by atoms with E-state index in [2.05, 4.69) is 0 Å². The molecule has 0 saturated carbocycles. The molecule has 4 heteroatoms. The van der Waals surface area contributed by atoms with E-state index in [9.17, 15) is 13.6 Å². The summed E-state index contributed by atoms with van der Waals surface area (Å²) in [5.41, 5.74) is 0.0744. The van der Waals surface area contributed by atoms with Crippen LogP contribution in [-0.4, -0.2) is 18.5 Å². The van der Waals surface area contributed by atoms with Crippen LogP contribution in [0.1, 0.15) is 26.3 Å². The van der Waals surface area contributed by atoms with Gasteiger partial charge >= 0.3 is 0 Å². The lowest BCUT2D eigenvalue weighted by Crippen LogP contribution is -2.31. The molecule has 0 radical (unpaired) electrons. The molecular weight excluding hydrogens is 238 g/mol. The lowest BCUT2D eigenvalue weighted by Gasteiger charge is -2.19. The minimum absolute atomic E-state index is 0.00840. The maximum atomic E-state index is 13.4. The molecule has 0 saturated heterocycles. The third-order valence-corrected chi connectivity index (χ3v) is 2.64. The van der Waals surface area contributed by atoms with Gasteiger partial charge in [-0.15, -0.1) is 0 Å². The molecule has 2 nitrogen and oxygen atoms in total. The summed E-state index contributed by atoms with van der Waals surface area (Å²) in [5.74, 6) is -1.33. The van der Waals surface area contributed by atoms with E-state index < -0.39 is 17.7 Å². The molecule has 0 N–H and O–H groups in total. The van der Waals surface area contributed by atoms with Gasteiger partial charge in [-0.3, -0.25) is 4.79 Å². The second-order valence-electron chi connectivity index (χ2n) is 4.50. The van der Waals surface area contributed by atoms with Crippen molar-refractivity contribution in [3.63, 3.8) is 0 Å². The predicted octanol–water partition coefficient (Wildman–Crippen LogP) is 3.14. The van der Waals surface area contributed by atoms with Gasteiger partial charge in [0.25, 0.3) is 0 Å². The number of Topliss-reactive ketones (excluding diaryl/α,β-unsaturated/α-hetero) is 1. The molecule has 0 fully saturated rings. The molecular formula is C14H18F2O2. The van der Waals surface area contributed by atoms with Crippen LogP contribution in [0, 0.1) is 17.6 Å². The first-order valence-corrected chi connectivity index (χ1v) is 6.04. The number of hydrogen-bond donors (Lipinski definition) is 0. The Morgan fingerprint density at radius 2 is 2.00 bits per heavy atom. The van der Waals surface area contributed by atoms with Crippen molar-refractivity contribution >= 4 is 5.78 Å². The van der Waals surface area contributed by atoms with E-state index in [0.29, 0.717) is 6.61 Å². The van der Waals surface area contributed by atoms with Crippen molar-refractivity contribution < 1.29 is 18.3 Å². The second-order valence-corrected chi connectivity index (χ2v) is 4.50. The zero-order chi connectivity index (χ0) is 13.7. The molecule has 0 aliphatic carbocycles. The minimum atomic E-state index is -0.572. The number of hydrogen-bond acceptors (Lipinski definition) is 2. The Bertz CT molecular complexity index is 416. The molecule has 0 bridgehead atoms. The molecule has 100 valence electrons. The summed E-state index contributed by atoms with van der Waals surface area (Å²) in [5, 5.41) is 0. The Morgan fingerprint density at radius 1 is 1.33 bits per heavy atom. The fraction of sp³-hybridized carbons (Fsp3) is 0.500. The number of halogens is 2. The highest BCUT2D eigenvalue weighted by molar-refractivity contribution is 5.85. The van der Waals surface area contributed by atoms with Gasteiger partial charge < -0.3 is 4.74 Å². The summed E-state index contributed by atoms with van der Waals surface area (Å²) in [7, 11) is 0. The van der Waals surface area contributed by atoms with Gasteiger partial charge in [-0.1, -0.05) is 13.8 Å². The summed E-state index contributed by atoms with van der Waals surface area (Å²) >= 11 is 0. The second kappa shape index (κ2) is 6.59. The summed E-state index contributed by atoms with van der Waals surface area (Å²) in [6, 6.07) is 3.12. The largest absolute Gasteiger partial charge is 0.370 e. The smallest absolute Gasteiger partial charge is 0.166 e. The third kappa shape index (κ3) is 3.88. The SMILES string of the molecule is CCOC(C(=O)Cc1cc(F)ccc1F)C(C)C. The van der Waals surface area contributed by atoms with Gasteiger partial charge in [0, 0.05) is 13.0 Å². The predicted molar refractivity (Wildman–Crippen MR) is 65.3 cm³/mol. The summed E-state index contributed by atoms with van der Waals surface area (Å²) in [6.45, 7) is 5.94. The Hall–Kier alpha value is -1.29. The lowest BCUT2D eigenvalue weighted by atomic mass is 9.97. The number of benzene rings is 1. The zero-order valence-electron chi connectivity index (χ0n) is 10.9. The maximum Gasteiger partial charge on any atom is 0.166 e. The number of ketones is 1. The molecule has 0 amide bonds. The van der Waals surface area contributed by atoms with Crippen molar-refractivity contribution in [3.8, 4) is 0 Å². The minimum Gasteiger partial charge on any atom is -0.370 e. The van der Waals surface area contributed by atoms with E-state index in [4.69, 9.17) is 4.74 Å². The molecule has 1 aromatic carbocycles. The van der Waals surface area contributed by atoms with Crippen LogP contribution in [0.15, 0.2) is 18.2 Å². The highest BCUT2D eigenvalue weighted by Gasteiger charge is 2.23. The number of rotatable bonds is 6. The molecule has 18 heavy (non-hydrogen) atoms. The first kappa shape index (κ1) is 14.8. The highest BCUT2D eigenvalue weighted by atomic mass is 19.1. The fourth-order valence-electron chi connectivity index (χ4n) is 1.80. The monoisotopic (exact) mass is 256 g/mol. The summed E-state index contributed by atoms with van der Waals surface area (Å²) < 4.78 is 31.8. The first-order chi connectivity index (χ1) is 8.45. The first-order valence-electron chi connectivity index (χ1n) is 6.04. The van der Waals surface area contributed by atoms with Gasteiger partial charge in [0.1, 0.15) is 17.7 Å². The molecule has 1 unspecified atom stereocenters. The average molecular weight is 256 g/mol. The summed E-state index contributed by atoms with van der Waals surface area (Å²) in [4.78, 5) is 12.0. The Balaban J connectivity index is 2.82. The third-order valence-electron chi connectivity index (χ3n) is 2.64. The molecule has 0 heterocycles. The van der Waals surface area contributed by atoms with Gasteiger partial charge in [0.2, 0.25) is 0 Å². The quantitative estimate of drug-likeness (QED) is 0.781. The van der Waals surface area contributed by atoms with Crippen molar-refractivity contribution in [1.29, 1.82) is 0 Å². The van der Waals surface area contributed by atoms with E-state index >= 15 is 0 Å². The van der Waals surface area contributed by atoms with Gasteiger partial charge in [0.05, 0.1) is 0 Å². The molecule has 0 aliphatic heterocycles. The van der Waals surface area contributed by atoms with Crippen LogP contribution < -0.4 is 0 Å². The van der Waals surface area contributed by atoms with E-state index in [-0.39, 0.29) is 23.7 Å². The Labute approximate surface area is 106 Å². The zero-order valence-corrected chi connectivity index (χ0v) is 10.9. The van der Waals surface area contributed by atoms with Crippen molar-refractivity contribution in [2.24, 2.45) is 5.92 Å². The fourth-order valence-corrected chi connectivity index (χ4v) is 1.80. The van der Waals surface area contributed by atoms with Crippen LogP contribution in [0.3, 0.4) is 0 Å². The topological polar surface area (TPSA) is 26.3 Å². The number of carbonyl (C=O) groups is 1. The van der Waals surface area contributed by atoms with Gasteiger partial charge in [-0.05, 0) is 36.6 Å². The highest BCUT2D eigenvalue weighted by Crippen LogP contribution is 2.15. The van der Waals surface area contributed by atoms with Crippen molar-refractivity contribution in [3.05, 3.63) is 35.4 Å². The van der Waals surface area contributed by atoms with Crippen LogP contribution in [0.4, 0.5) is 8.78 Å². The van der Waals surface area contributed by atoms with Crippen LogP contribution in [-0.2, 0) is 16.0 Å². The standard InChI is InChI=1S/C14H18F2O2/c1-4-18-14(9(2)3)13(17)8-10-7-11(15)5-6-12(10)16/h5-7,9,14H,4,8H2,1-3H3. The molecule has 1 aromatic rings. The van der Waals surface area contributed by atoms with Gasteiger partial charge in [-0.25, -0.2) is 8.78 Å². The Kier molecular flexibility index (Phi) is 5.41. The maximum absolute atomic E-state index is 13.4. The van der Waals surface area contributed by atoms with Crippen LogP contribution in [0.5, 0.6) is 0 Å². The number of ether oxygens (including phenoxy) is 1. The van der Waals surface area contributed by atoms with Crippen LogP contribution in [0.2, 0.25) is 0 Å². The van der Waals surface area contributed by atoms with Crippen molar-refractivity contribution in [2.75, 3.05) is 6.61 Å². The lowest BCUT2D eigenvalue weighted by molar-refractivity contribution is -0.132. The van der Waals surface area contributed by atoms with Crippen LogP contribution >= 0.6 is 0 Å². The van der Waals surface area contributed by atoms with E-state index in [1.165, 1.54) is 0 Å².